The summed E-state index contributed by atoms with van der Waals surface area (Å²) in [6.45, 7) is 3.72. The summed E-state index contributed by atoms with van der Waals surface area (Å²) in [6.07, 6.45) is 0.246. The summed E-state index contributed by atoms with van der Waals surface area (Å²) < 4.78 is 10.3. The topological polar surface area (TPSA) is 104 Å². The molecule has 0 fully saturated rings. The van der Waals surface area contributed by atoms with E-state index in [4.69, 9.17) is 26.8 Å². The van der Waals surface area contributed by atoms with Crippen LogP contribution >= 0.6 is 34.7 Å². The van der Waals surface area contributed by atoms with Crippen LogP contribution in [0, 0.1) is 6.92 Å². The Labute approximate surface area is 186 Å². The summed E-state index contributed by atoms with van der Waals surface area (Å²) in [7, 11) is 0. The number of fused-ring (bicyclic) bond motifs is 1. The third kappa shape index (κ3) is 5.41. The largest absolute Gasteiger partial charge is 0.462 e. The molecule has 2 aromatic heterocycles. The smallest absolute Gasteiger partial charge is 0.348 e. The maximum atomic E-state index is 12.1. The Morgan fingerprint density at radius 3 is 2.63 bits per heavy atom. The number of nitrogens with zero attached hydrogens (tertiary/aromatic N) is 2. The molecule has 158 valence electrons. The van der Waals surface area contributed by atoms with Crippen molar-refractivity contribution < 1.29 is 19.1 Å². The minimum Gasteiger partial charge on any atom is -0.462 e. The molecular weight excluding hydrogens is 446 g/mol. The summed E-state index contributed by atoms with van der Waals surface area (Å²) in [5.74, 6) is 0.344. The lowest BCUT2D eigenvalue weighted by Crippen LogP contribution is -2.09. The van der Waals surface area contributed by atoms with Gasteiger partial charge in [-0.1, -0.05) is 11.6 Å². The van der Waals surface area contributed by atoms with E-state index in [0.29, 0.717) is 31.4 Å². The summed E-state index contributed by atoms with van der Waals surface area (Å²) in [4.78, 5) is 34.8. The fourth-order valence-corrected chi connectivity index (χ4v) is 4.73. The van der Waals surface area contributed by atoms with Crippen LogP contribution in [0.25, 0.3) is 10.2 Å². The average molecular weight is 466 g/mol. The molecule has 0 aliphatic rings. The van der Waals surface area contributed by atoms with Gasteiger partial charge in [-0.25, -0.2) is 14.8 Å². The zero-order valence-electron chi connectivity index (χ0n) is 16.4. The van der Waals surface area contributed by atoms with Crippen LogP contribution in [0.4, 0.5) is 5.82 Å². The van der Waals surface area contributed by atoms with Crippen LogP contribution in [0.15, 0.2) is 29.2 Å². The molecule has 7 nitrogen and oxygen atoms in total. The Morgan fingerprint density at radius 1 is 1.20 bits per heavy atom. The summed E-state index contributed by atoms with van der Waals surface area (Å²) >= 11 is 8.59. The fraction of sp³-hybridized carbons (Fsp3) is 0.300. The number of nitrogen functional groups attached to an aromatic ring is 1. The van der Waals surface area contributed by atoms with E-state index in [0.717, 1.165) is 4.90 Å². The van der Waals surface area contributed by atoms with Crippen molar-refractivity contribution in [3.05, 3.63) is 45.6 Å². The molecule has 2 heterocycles. The molecule has 3 aromatic rings. The van der Waals surface area contributed by atoms with Crippen molar-refractivity contribution in [2.45, 2.75) is 31.8 Å². The highest BCUT2D eigenvalue weighted by Crippen LogP contribution is 2.33. The van der Waals surface area contributed by atoms with Gasteiger partial charge in [0.15, 0.2) is 12.4 Å². The summed E-state index contributed by atoms with van der Waals surface area (Å²) in [6, 6.07) is 7.41. The van der Waals surface area contributed by atoms with Gasteiger partial charge in [0.2, 0.25) is 0 Å². The summed E-state index contributed by atoms with van der Waals surface area (Å²) in [5.41, 5.74) is 6.75. The monoisotopic (exact) mass is 465 g/mol. The molecule has 0 spiro atoms. The van der Waals surface area contributed by atoms with Crippen molar-refractivity contribution >= 4 is 62.7 Å². The van der Waals surface area contributed by atoms with Gasteiger partial charge in [-0.3, -0.25) is 4.79 Å². The maximum absolute atomic E-state index is 12.1. The van der Waals surface area contributed by atoms with Crippen LogP contribution in [-0.2, 0) is 20.9 Å². The molecule has 3 rings (SSSR count). The van der Waals surface area contributed by atoms with E-state index in [1.165, 1.54) is 11.3 Å². The van der Waals surface area contributed by atoms with Crippen LogP contribution in [0.5, 0.6) is 0 Å². The van der Waals surface area contributed by atoms with Crippen molar-refractivity contribution in [3.8, 4) is 0 Å². The van der Waals surface area contributed by atoms with Gasteiger partial charge in [-0.15, -0.1) is 23.1 Å². The molecule has 0 saturated heterocycles. The lowest BCUT2D eigenvalue weighted by atomic mass is 10.2. The number of thiophene rings is 1. The lowest BCUT2D eigenvalue weighted by Gasteiger charge is -2.06. The lowest BCUT2D eigenvalue weighted by molar-refractivity contribution is -0.144. The second kappa shape index (κ2) is 10.1. The van der Waals surface area contributed by atoms with E-state index in [1.54, 1.807) is 37.7 Å². The van der Waals surface area contributed by atoms with Gasteiger partial charge in [0.1, 0.15) is 15.5 Å². The van der Waals surface area contributed by atoms with E-state index < -0.39 is 5.97 Å². The standard InChI is InChI=1S/C20H20ClN3O4S2/c1-3-27-20(26)17-11(2)16-18(22)23-14(24-19(16)30-17)10-28-15(25)8-9-29-13-6-4-12(21)5-7-13/h4-7H,3,8-10H2,1-2H3,(H2,22,23,24). The third-order valence-corrected chi connectivity index (χ3v) is 6.51. The quantitative estimate of drug-likeness (QED) is 0.379. The number of benzene rings is 1. The first-order valence-corrected chi connectivity index (χ1v) is 11.3. The first-order chi connectivity index (χ1) is 14.4. The Bertz CT molecular complexity index is 1070. The van der Waals surface area contributed by atoms with E-state index in [-0.39, 0.29) is 37.2 Å². The van der Waals surface area contributed by atoms with E-state index in [2.05, 4.69) is 9.97 Å². The van der Waals surface area contributed by atoms with Crippen molar-refractivity contribution in [1.29, 1.82) is 0 Å². The van der Waals surface area contributed by atoms with Gasteiger partial charge >= 0.3 is 11.9 Å². The number of esters is 2. The predicted octanol–water partition coefficient (Wildman–Crippen LogP) is 4.64. The zero-order valence-corrected chi connectivity index (χ0v) is 18.8. The Hall–Kier alpha value is -2.36. The molecule has 0 aliphatic carbocycles. The van der Waals surface area contributed by atoms with E-state index in [9.17, 15) is 9.59 Å². The SMILES string of the molecule is CCOC(=O)c1sc2nc(COC(=O)CCSc3ccc(Cl)cc3)nc(N)c2c1C. The van der Waals surface area contributed by atoms with Crippen molar-refractivity contribution in [3.63, 3.8) is 0 Å². The molecule has 0 radical (unpaired) electrons. The Kier molecular flexibility index (Phi) is 7.52. The molecule has 0 aliphatic heterocycles. The number of thioether (sulfide) groups is 1. The highest BCUT2D eigenvalue weighted by molar-refractivity contribution is 7.99. The van der Waals surface area contributed by atoms with Crippen molar-refractivity contribution in [1.82, 2.24) is 9.97 Å². The number of ether oxygens (including phenoxy) is 2. The van der Waals surface area contributed by atoms with Crippen LogP contribution in [0.3, 0.4) is 0 Å². The first kappa shape index (κ1) is 22.3. The molecule has 0 unspecified atom stereocenters. The molecule has 0 atom stereocenters. The Balaban J connectivity index is 1.59. The first-order valence-electron chi connectivity index (χ1n) is 9.15. The highest BCUT2D eigenvalue weighted by Gasteiger charge is 2.20. The average Bonchev–Trinajstić information content (AvgIpc) is 3.05. The minimum atomic E-state index is -0.413. The van der Waals surface area contributed by atoms with Crippen LogP contribution in [0.2, 0.25) is 5.02 Å². The third-order valence-electron chi connectivity index (χ3n) is 4.08. The number of hydrogen-bond acceptors (Lipinski definition) is 9. The van der Waals surface area contributed by atoms with Crippen LogP contribution in [-0.4, -0.2) is 34.3 Å². The number of hydrogen-bond donors (Lipinski definition) is 1. The number of aryl methyl sites for hydroxylation is 1. The summed E-state index contributed by atoms with van der Waals surface area (Å²) in [5, 5.41) is 1.29. The Morgan fingerprint density at radius 2 is 1.93 bits per heavy atom. The van der Waals surface area contributed by atoms with Gasteiger partial charge < -0.3 is 15.2 Å². The normalized spacial score (nSPS) is 10.9. The van der Waals surface area contributed by atoms with Gasteiger partial charge in [-0.2, -0.15) is 0 Å². The highest BCUT2D eigenvalue weighted by atomic mass is 35.5. The number of anilines is 1. The second-order valence-electron chi connectivity index (χ2n) is 6.19. The molecule has 1 aromatic carbocycles. The molecule has 0 bridgehead atoms. The fourth-order valence-electron chi connectivity index (χ4n) is 2.67. The molecule has 2 N–H and O–H groups in total. The van der Waals surface area contributed by atoms with Crippen molar-refractivity contribution in [2.75, 3.05) is 18.1 Å². The number of halogens is 1. The van der Waals surface area contributed by atoms with Gasteiger partial charge in [0.25, 0.3) is 0 Å². The maximum Gasteiger partial charge on any atom is 0.348 e. The molecule has 0 amide bonds. The molecule has 30 heavy (non-hydrogen) atoms. The van der Waals surface area contributed by atoms with Gasteiger partial charge in [0.05, 0.1) is 18.4 Å². The minimum absolute atomic E-state index is 0.0870. The number of carbonyl (C=O) groups excluding carboxylic acids is 2. The van der Waals surface area contributed by atoms with E-state index in [1.807, 2.05) is 12.1 Å². The number of nitrogens with two attached hydrogens (primary N) is 1. The van der Waals surface area contributed by atoms with Crippen LogP contribution in [0.1, 0.15) is 34.4 Å². The number of aromatic nitrogens is 2. The molecular formula is C20H20ClN3O4S2. The predicted molar refractivity (Wildman–Crippen MR) is 119 cm³/mol. The van der Waals surface area contributed by atoms with Crippen LogP contribution < -0.4 is 5.73 Å². The molecule has 0 saturated carbocycles. The van der Waals surface area contributed by atoms with Crippen molar-refractivity contribution in [2.24, 2.45) is 0 Å². The molecule has 10 heteroatoms. The second-order valence-corrected chi connectivity index (χ2v) is 8.80. The van der Waals surface area contributed by atoms with Gasteiger partial charge in [0, 0.05) is 15.7 Å². The van der Waals surface area contributed by atoms with E-state index >= 15 is 0 Å². The number of carbonyl (C=O) groups is 2. The number of rotatable bonds is 8. The zero-order chi connectivity index (χ0) is 21.7. The van der Waals surface area contributed by atoms with Gasteiger partial charge in [-0.05, 0) is 43.7 Å².